The van der Waals surface area contributed by atoms with E-state index in [-0.39, 0.29) is 28.2 Å². The monoisotopic (exact) mass is 491 g/mol. The number of nitrogen functional groups attached to an aromatic ring is 1. The zero-order valence-corrected chi connectivity index (χ0v) is 20.6. The lowest BCUT2D eigenvalue weighted by Gasteiger charge is -2.32. The van der Waals surface area contributed by atoms with Gasteiger partial charge in [0.2, 0.25) is 5.91 Å². The largest absolute Gasteiger partial charge is 0.395 e. The quantitative estimate of drug-likeness (QED) is 0.461. The van der Waals surface area contributed by atoms with Crippen molar-refractivity contribution in [2.24, 2.45) is 5.73 Å². The van der Waals surface area contributed by atoms with Crippen molar-refractivity contribution in [1.82, 2.24) is 9.69 Å². The molecule has 1 saturated carbocycles. The first kappa shape index (κ1) is 24.4. The van der Waals surface area contributed by atoms with Crippen LogP contribution in [0.5, 0.6) is 0 Å². The van der Waals surface area contributed by atoms with E-state index in [9.17, 15) is 14.4 Å². The number of carbonyl (C=O) groups is 3. The van der Waals surface area contributed by atoms with E-state index in [2.05, 4.69) is 9.69 Å². The standard InChI is InChI=1S/C26H29N5O3S/c1-15-10-12-17(13-11-15)22(25(33)29-18-7-3-4-8-18)31(19-9-5-6-16(2)14-19)26(34)23-20(27)21(24(28)32)30-35-23/h5-6,9-14,18,22H,3-4,7-8,27H2,1-2H3,(H2,28,32)(H,29,33). The summed E-state index contributed by atoms with van der Waals surface area (Å²) in [5.74, 6) is -1.60. The molecular formula is C26H29N5O3S. The van der Waals surface area contributed by atoms with Gasteiger partial charge in [0.1, 0.15) is 10.9 Å². The van der Waals surface area contributed by atoms with Gasteiger partial charge in [0.05, 0.1) is 5.69 Å². The summed E-state index contributed by atoms with van der Waals surface area (Å²) >= 11 is 0.801. The molecule has 0 aliphatic heterocycles. The van der Waals surface area contributed by atoms with Crippen molar-refractivity contribution >= 4 is 40.6 Å². The number of aromatic nitrogens is 1. The zero-order chi connectivity index (χ0) is 25.1. The van der Waals surface area contributed by atoms with E-state index in [1.807, 2.05) is 56.3 Å². The van der Waals surface area contributed by atoms with Crippen LogP contribution in [0.4, 0.5) is 11.4 Å². The maximum absolute atomic E-state index is 14.0. The summed E-state index contributed by atoms with van der Waals surface area (Å²) in [6.45, 7) is 3.88. The lowest BCUT2D eigenvalue weighted by atomic mass is 10.0. The predicted octanol–water partition coefficient (Wildman–Crippen LogP) is 3.89. The fourth-order valence-corrected chi connectivity index (χ4v) is 5.16. The third-order valence-corrected chi connectivity index (χ3v) is 7.11. The van der Waals surface area contributed by atoms with Crippen LogP contribution in [-0.2, 0) is 4.79 Å². The Kier molecular flexibility index (Phi) is 7.16. The van der Waals surface area contributed by atoms with Crippen LogP contribution in [-0.4, -0.2) is 28.1 Å². The van der Waals surface area contributed by atoms with Gasteiger partial charge >= 0.3 is 0 Å². The third kappa shape index (κ3) is 5.19. The lowest BCUT2D eigenvalue weighted by molar-refractivity contribution is -0.123. The molecule has 1 aliphatic carbocycles. The number of hydrogen-bond acceptors (Lipinski definition) is 6. The molecule has 1 unspecified atom stereocenters. The van der Waals surface area contributed by atoms with E-state index in [1.54, 1.807) is 6.07 Å². The highest BCUT2D eigenvalue weighted by Gasteiger charge is 2.37. The molecule has 4 rings (SSSR count). The highest BCUT2D eigenvalue weighted by Crippen LogP contribution is 2.34. The molecule has 0 saturated heterocycles. The highest BCUT2D eigenvalue weighted by molar-refractivity contribution is 7.09. The molecule has 1 aromatic heterocycles. The molecule has 9 heteroatoms. The second-order valence-corrected chi connectivity index (χ2v) is 9.73. The van der Waals surface area contributed by atoms with Crippen molar-refractivity contribution < 1.29 is 14.4 Å². The number of carbonyl (C=O) groups excluding carboxylic acids is 3. The molecule has 3 aromatic rings. The number of nitrogens with two attached hydrogens (primary N) is 2. The minimum Gasteiger partial charge on any atom is -0.395 e. The molecule has 0 radical (unpaired) electrons. The molecule has 5 N–H and O–H groups in total. The number of benzene rings is 2. The SMILES string of the molecule is Cc1ccc(C(C(=O)NC2CCCC2)N(C(=O)c2snc(C(N)=O)c2N)c2cccc(C)c2)cc1. The molecule has 1 aliphatic rings. The fourth-order valence-electron chi connectivity index (χ4n) is 4.42. The molecule has 35 heavy (non-hydrogen) atoms. The Morgan fingerprint density at radius 2 is 1.74 bits per heavy atom. The molecule has 1 atom stereocenters. The molecule has 0 spiro atoms. The Labute approximate surface area is 208 Å². The Hall–Kier alpha value is -3.72. The molecule has 1 heterocycles. The normalized spacial score (nSPS) is 14.5. The van der Waals surface area contributed by atoms with Crippen LogP contribution in [0.2, 0.25) is 0 Å². The molecular weight excluding hydrogens is 462 g/mol. The minimum atomic E-state index is -0.955. The molecule has 8 nitrogen and oxygen atoms in total. The summed E-state index contributed by atoms with van der Waals surface area (Å²) in [6.07, 6.45) is 3.95. The van der Waals surface area contributed by atoms with Crippen LogP contribution in [0.1, 0.15) is 68.6 Å². The number of primary amides is 1. The second-order valence-electron chi connectivity index (χ2n) is 8.96. The minimum absolute atomic E-state index is 0.0612. The summed E-state index contributed by atoms with van der Waals surface area (Å²) in [7, 11) is 0. The van der Waals surface area contributed by atoms with Gasteiger partial charge in [-0.25, -0.2) is 0 Å². The van der Waals surface area contributed by atoms with E-state index >= 15 is 0 Å². The summed E-state index contributed by atoms with van der Waals surface area (Å²) in [5.41, 5.74) is 14.4. The molecule has 2 aromatic carbocycles. The van der Waals surface area contributed by atoms with Crippen LogP contribution < -0.4 is 21.7 Å². The Morgan fingerprint density at radius 1 is 1.06 bits per heavy atom. The van der Waals surface area contributed by atoms with Gasteiger partial charge in [0.25, 0.3) is 11.8 Å². The van der Waals surface area contributed by atoms with Gasteiger partial charge in [-0.05, 0) is 61.5 Å². The van der Waals surface area contributed by atoms with E-state index in [4.69, 9.17) is 11.5 Å². The summed E-state index contributed by atoms with van der Waals surface area (Å²) in [5, 5.41) is 3.15. The van der Waals surface area contributed by atoms with Crippen LogP contribution in [0, 0.1) is 13.8 Å². The van der Waals surface area contributed by atoms with E-state index in [0.29, 0.717) is 11.3 Å². The van der Waals surface area contributed by atoms with Crippen LogP contribution >= 0.6 is 11.5 Å². The Bertz CT molecular complexity index is 1250. The molecule has 182 valence electrons. The summed E-state index contributed by atoms with van der Waals surface area (Å²) in [4.78, 5) is 41.0. The van der Waals surface area contributed by atoms with Crippen LogP contribution in [0.25, 0.3) is 0 Å². The van der Waals surface area contributed by atoms with Crippen molar-refractivity contribution in [1.29, 1.82) is 0 Å². The number of rotatable bonds is 7. The number of aryl methyl sites for hydroxylation is 2. The highest BCUT2D eigenvalue weighted by atomic mass is 32.1. The van der Waals surface area contributed by atoms with Crippen molar-refractivity contribution in [2.45, 2.75) is 51.6 Å². The number of anilines is 2. The average Bonchev–Trinajstić information content (AvgIpc) is 3.47. The molecule has 0 bridgehead atoms. The molecule has 1 fully saturated rings. The smallest absolute Gasteiger partial charge is 0.273 e. The lowest BCUT2D eigenvalue weighted by Crippen LogP contribution is -2.46. The topological polar surface area (TPSA) is 131 Å². The average molecular weight is 492 g/mol. The Morgan fingerprint density at radius 3 is 2.34 bits per heavy atom. The summed E-state index contributed by atoms with van der Waals surface area (Å²) in [6, 6.07) is 14.0. The predicted molar refractivity (Wildman–Crippen MR) is 137 cm³/mol. The van der Waals surface area contributed by atoms with E-state index in [1.165, 1.54) is 4.90 Å². The number of nitrogens with one attached hydrogen (secondary N) is 1. The van der Waals surface area contributed by atoms with Crippen molar-refractivity contribution in [3.8, 4) is 0 Å². The third-order valence-electron chi connectivity index (χ3n) is 6.26. The number of nitrogens with zero attached hydrogens (tertiary/aromatic N) is 2. The van der Waals surface area contributed by atoms with Crippen molar-refractivity contribution in [2.75, 3.05) is 10.6 Å². The van der Waals surface area contributed by atoms with Gasteiger partial charge in [-0.1, -0.05) is 54.8 Å². The van der Waals surface area contributed by atoms with Gasteiger partial charge in [-0.3, -0.25) is 19.3 Å². The Balaban J connectivity index is 1.85. The van der Waals surface area contributed by atoms with Gasteiger partial charge in [0.15, 0.2) is 5.69 Å². The van der Waals surface area contributed by atoms with Gasteiger partial charge in [-0.2, -0.15) is 4.37 Å². The number of hydrogen-bond donors (Lipinski definition) is 3. The van der Waals surface area contributed by atoms with Crippen LogP contribution in [0.15, 0.2) is 48.5 Å². The van der Waals surface area contributed by atoms with Gasteiger partial charge in [-0.15, -0.1) is 0 Å². The first-order valence-corrected chi connectivity index (χ1v) is 12.4. The second kappa shape index (κ2) is 10.3. The summed E-state index contributed by atoms with van der Waals surface area (Å²) < 4.78 is 4.00. The van der Waals surface area contributed by atoms with Crippen molar-refractivity contribution in [3.05, 3.63) is 75.8 Å². The van der Waals surface area contributed by atoms with Crippen LogP contribution in [0.3, 0.4) is 0 Å². The zero-order valence-electron chi connectivity index (χ0n) is 19.8. The van der Waals surface area contributed by atoms with Crippen molar-refractivity contribution in [3.63, 3.8) is 0 Å². The van der Waals surface area contributed by atoms with E-state index < -0.39 is 17.9 Å². The van der Waals surface area contributed by atoms with Gasteiger partial charge < -0.3 is 16.8 Å². The molecule has 3 amide bonds. The first-order chi connectivity index (χ1) is 16.8. The first-order valence-electron chi connectivity index (χ1n) is 11.6. The maximum atomic E-state index is 14.0. The maximum Gasteiger partial charge on any atom is 0.273 e. The fraction of sp³-hybridized carbons (Fsp3) is 0.308. The van der Waals surface area contributed by atoms with E-state index in [0.717, 1.165) is 48.3 Å². The number of amides is 3. The van der Waals surface area contributed by atoms with Gasteiger partial charge in [0, 0.05) is 11.7 Å².